The zero-order valence-electron chi connectivity index (χ0n) is 18.8. The van der Waals surface area contributed by atoms with Crippen LogP contribution in [-0.2, 0) is 30.3 Å². The van der Waals surface area contributed by atoms with Crippen molar-refractivity contribution in [3.63, 3.8) is 0 Å². The number of nitrogens with zero attached hydrogens (tertiary/aromatic N) is 2. The molecule has 0 fully saturated rings. The summed E-state index contributed by atoms with van der Waals surface area (Å²) in [5.74, 6) is -0.920. The predicted octanol–water partition coefficient (Wildman–Crippen LogP) is 5.76. The first kappa shape index (κ1) is 22.9. The molecule has 1 aliphatic carbocycles. The van der Waals surface area contributed by atoms with Crippen molar-refractivity contribution in [3.8, 4) is 22.4 Å². The Morgan fingerprint density at radius 2 is 1.94 bits per heavy atom. The fourth-order valence-electron chi connectivity index (χ4n) is 4.69. The van der Waals surface area contributed by atoms with E-state index in [9.17, 15) is 18.0 Å². The Hall–Kier alpha value is -3.29. The third-order valence-electron chi connectivity index (χ3n) is 6.10. The summed E-state index contributed by atoms with van der Waals surface area (Å²) < 4.78 is 47.4. The smallest absolute Gasteiger partial charge is 0.449 e. The first-order valence-corrected chi connectivity index (χ1v) is 11.0. The zero-order valence-corrected chi connectivity index (χ0v) is 18.8. The van der Waals surface area contributed by atoms with E-state index in [-0.39, 0.29) is 13.1 Å². The number of imidazole rings is 1. The molecule has 1 heterocycles. The minimum atomic E-state index is -4.59. The van der Waals surface area contributed by atoms with Gasteiger partial charge in [0.05, 0.1) is 18.5 Å². The molecule has 1 N–H and O–H groups in total. The van der Waals surface area contributed by atoms with Crippen LogP contribution >= 0.6 is 0 Å². The van der Waals surface area contributed by atoms with E-state index >= 15 is 0 Å². The van der Waals surface area contributed by atoms with Gasteiger partial charge in [0.1, 0.15) is 0 Å². The lowest BCUT2D eigenvalue weighted by molar-refractivity contribution is -0.147. The number of nitrogens with one attached hydrogen (secondary N) is 1. The fraction of sp³-hybridized carbons (Fsp3) is 0.360. The summed E-state index contributed by atoms with van der Waals surface area (Å²) in [5, 5.41) is 2.52. The molecule has 2 aromatic carbocycles. The molecule has 0 radical (unpaired) electrons. The Balaban J connectivity index is 1.81. The van der Waals surface area contributed by atoms with E-state index in [1.165, 1.54) is 22.8 Å². The lowest BCUT2D eigenvalue weighted by Gasteiger charge is -2.18. The fourth-order valence-corrected chi connectivity index (χ4v) is 4.69. The van der Waals surface area contributed by atoms with Crippen molar-refractivity contribution in [2.24, 2.45) is 0 Å². The molecular weight excluding hydrogens is 431 g/mol. The number of amides is 1. The van der Waals surface area contributed by atoms with Crippen LogP contribution in [0.15, 0.2) is 36.4 Å². The van der Waals surface area contributed by atoms with Crippen LogP contribution in [0.2, 0.25) is 0 Å². The highest BCUT2D eigenvalue weighted by molar-refractivity contribution is 5.86. The first-order valence-electron chi connectivity index (χ1n) is 11.0. The number of hydrogen-bond acceptors (Lipinski definition) is 3. The van der Waals surface area contributed by atoms with Crippen molar-refractivity contribution < 1.29 is 22.7 Å². The van der Waals surface area contributed by atoms with Crippen LogP contribution in [0.1, 0.15) is 41.6 Å². The molecule has 5 nitrogen and oxygen atoms in total. The largest absolute Gasteiger partial charge is 0.453 e. The highest BCUT2D eigenvalue weighted by Gasteiger charge is 2.39. The normalized spacial score (nSPS) is 12.4. The molecule has 0 aliphatic heterocycles. The number of hydrogen-bond donors (Lipinski definition) is 1. The highest BCUT2D eigenvalue weighted by Crippen LogP contribution is 2.45. The van der Waals surface area contributed by atoms with Gasteiger partial charge in [-0.25, -0.2) is 9.78 Å². The molecule has 1 aliphatic rings. The van der Waals surface area contributed by atoms with E-state index in [1.807, 2.05) is 24.3 Å². The lowest BCUT2D eigenvalue weighted by atomic mass is 9.92. The van der Waals surface area contributed by atoms with Crippen LogP contribution in [0.25, 0.3) is 22.4 Å². The molecule has 3 aromatic rings. The second kappa shape index (κ2) is 8.92. The van der Waals surface area contributed by atoms with Crippen LogP contribution < -0.4 is 5.32 Å². The van der Waals surface area contributed by atoms with E-state index < -0.39 is 18.1 Å². The number of benzene rings is 2. The molecule has 174 valence electrons. The van der Waals surface area contributed by atoms with Crippen LogP contribution in [0.4, 0.5) is 18.0 Å². The van der Waals surface area contributed by atoms with Gasteiger partial charge in [-0.3, -0.25) is 0 Å². The van der Waals surface area contributed by atoms with Gasteiger partial charge in [-0.1, -0.05) is 43.3 Å². The topological polar surface area (TPSA) is 56.2 Å². The van der Waals surface area contributed by atoms with Gasteiger partial charge in [-0.2, -0.15) is 13.2 Å². The molecular formula is C25H26F3N3O2. The molecule has 33 heavy (non-hydrogen) atoms. The summed E-state index contributed by atoms with van der Waals surface area (Å²) in [5.41, 5.74) is 7.27. The third kappa shape index (κ3) is 4.21. The van der Waals surface area contributed by atoms with Gasteiger partial charge in [0.15, 0.2) is 0 Å². The summed E-state index contributed by atoms with van der Waals surface area (Å²) in [6.07, 6.45) is -3.39. The van der Waals surface area contributed by atoms with Crippen LogP contribution in [0.3, 0.4) is 0 Å². The summed E-state index contributed by atoms with van der Waals surface area (Å²) in [4.78, 5) is 15.2. The lowest BCUT2D eigenvalue weighted by Crippen LogP contribution is -2.25. The van der Waals surface area contributed by atoms with Crippen molar-refractivity contribution in [2.75, 3.05) is 13.7 Å². The Labute approximate surface area is 190 Å². The number of fused-ring (bicyclic) bond motifs is 3. The Morgan fingerprint density at radius 1 is 1.18 bits per heavy atom. The van der Waals surface area contributed by atoms with Crippen LogP contribution in [0.5, 0.6) is 0 Å². The van der Waals surface area contributed by atoms with Gasteiger partial charge in [0.2, 0.25) is 5.82 Å². The quantitative estimate of drug-likeness (QED) is 0.375. The maximum atomic E-state index is 13.9. The molecule has 0 saturated carbocycles. The number of ether oxygens (including phenoxy) is 1. The first-order chi connectivity index (χ1) is 15.8. The number of halogens is 3. The second-order valence-electron chi connectivity index (χ2n) is 8.10. The minimum Gasteiger partial charge on any atom is -0.453 e. The monoisotopic (exact) mass is 457 g/mol. The number of carbonyl (C=O) groups excluding carboxylic acids is 1. The van der Waals surface area contributed by atoms with Crippen molar-refractivity contribution >= 4 is 6.09 Å². The summed E-state index contributed by atoms with van der Waals surface area (Å²) in [6, 6.07) is 12.1. The van der Waals surface area contributed by atoms with Crippen molar-refractivity contribution in [1.29, 1.82) is 0 Å². The summed E-state index contributed by atoms with van der Waals surface area (Å²) in [7, 11) is 1.24. The van der Waals surface area contributed by atoms with Crippen molar-refractivity contribution in [3.05, 3.63) is 64.6 Å². The highest BCUT2D eigenvalue weighted by atomic mass is 19.4. The number of alkyl carbamates (subject to hydrolysis) is 1. The van der Waals surface area contributed by atoms with Crippen molar-refractivity contribution in [2.45, 2.75) is 45.8 Å². The van der Waals surface area contributed by atoms with E-state index in [0.717, 1.165) is 28.7 Å². The zero-order chi connectivity index (χ0) is 23.8. The number of aromatic nitrogens is 2. The average molecular weight is 457 g/mol. The molecule has 0 spiro atoms. The summed E-state index contributed by atoms with van der Waals surface area (Å²) in [6.45, 7) is 3.96. The van der Waals surface area contributed by atoms with Gasteiger partial charge < -0.3 is 14.6 Å². The molecule has 0 saturated heterocycles. The molecule has 1 amide bonds. The number of alkyl halides is 3. The maximum Gasteiger partial charge on any atom is 0.449 e. The molecule has 0 bridgehead atoms. The van der Waals surface area contributed by atoms with Gasteiger partial charge in [-0.05, 0) is 54.0 Å². The molecule has 4 rings (SSSR count). The Bertz CT molecular complexity index is 1200. The maximum absolute atomic E-state index is 13.9. The molecule has 1 aromatic heterocycles. The van der Waals surface area contributed by atoms with Gasteiger partial charge in [0.25, 0.3) is 0 Å². The van der Waals surface area contributed by atoms with Crippen LogP contribution in [-0.4, -0.2) is 29.3 Å². The van der Waals surface area contributed by atoms with E-state index in [4.69, 9.17) is 0 Å². The SMILES string of the molecule is CCc1ccc(-c2c(C)nc(C(F)(F)F)n2CCCNC(=O)OC)c2c1-c1ccccc1C2. The number of carbonyl (C=O) groups is 1. The standard InChI is InChI=1S/C25H26F3N3O2/c1-4-16-10-11-19(20-14-17-8-5-6-9-18(17)21(16)20)22-15(2)30-23(25(26,27)28)31(22)13-7-12-29-24(32)33-3/h5-6,8-11H,4,7,12-14H2,1-3H3,(H,29,32). The summed E-state index contributed by atoms with van der Waals surface area (Å²) >= 11 is 0. The Kier molecular flexibility index (Phi) is 6.19. The average Bonchev–Trinajstić information content (AvgIpc) is 3.34. The van der Waals surface area contributed by atoms with Crippen LogP contribution in [0, 0.1) is 6.92 Å². The van der Waals surface area contributed by atoms with E-state index in [0.29, 0.717) is 24.2 Å². The number of rotatable bonds is 6. The van der Waals surface area contributed by atoms with Gasteiger partial charge in [-0.15, -0.1) is 0 Å². The van der Waals surface area contributed by atoms with E-state index in [2.05, 4.69) is 34.1 Å². The molecule has 8 heteroatoms. The Morgan fingerprint density at radius 3 is 2.64 bits per heavy atom. The van der Waals surface area contributed by atoms with Gasteiger partial charge >= 0.3 is 12.3 Å². The number of aryl methyl sites for hydroxylation is 2. The molecule has 0 unspecified atom stereocenters. The number of methoxy groups -OCH3 is 1. The van der Waals surface area contributed by atoms with Crippen molar-refractivity contribution in [1.82, 2.24) is 14.9 Å². The third-order valence-corrected chi connectivity index (χ3v) is 6.10. The molecule has 0 atom stereocenters. The predicted molar refractivity (Wildman–Crippen MR) is 120 cm³/mol. The minimum absolute atomic E-state index is 0.0618. The second-order valence-corrected chi connectivity index (χ2v) is 8.10. The van der Waals surface area contributed by atoms with Gasteiger partial charge in [0, 0.05) is 18.7 Å². The van der Waals surface area contributed by atoms with E-state index in [1.54, 1.807) is 6.92 Å².